The SMILES string of the molecule is Cc1ccc(NCc2nccn2C(F)F)cc1I. The smallest absolute Gasteiger partial charge is 0.319 e. The van der Waals surface area contributed by atoms with Crippen LogP contribution >= 0.6 is 22.6 Å². The van der Waals surface area contributed by atoms with Crippen molar-refractivity contribution in [1.82, 2.24) is 9.55 Å². The molecular formula is C12H12F2IN3. The van der Waals surface area contributed by atoms with Gasteiger partial charge in [-0.1, -0.05) is 6.07 Å². The number of aromatic nitrogens is 2. The summed E-state index contributed by atoms with van der Waals surface area (Å²) < 4.78 is 27.2. The highest BCUT2D eigenvalue weighted by molar-refractivity contribution is 14.1. The van der Waals surface area contributed by atoms with Gasteiger partial charge in [-0.3, -0.25) is 4.57 Å². The minimum absolute atomic E-state index is 0.274. The average molecular weight is 363 g/mol. The van der Waals surface area contributed by atoms with Gasteiger partial charge in [-0.05, 0) is 47.2 Å². The quantitative estimate of drug-likeness (QED) is 0.838. The Bertz CT molecular complexity index is 540. The van der Waals surface area contributed by atoms with E-state index in [4.69, 9.17) is 0 Å². The lowest BCUT2D eigenvalue weighted by atomic mass is 10.2. The molecule has 0 radical (unpaired) electrons. The van der Waals surface area contributed by atoms with Crippen LogP contribution in [0.15, 0.2) is 30.6 Å². The van der Waals surface area contributed by atoms with Gasteiger partial charge in [0.15, 0.2) is 0 Å². The molecule has 3 nitrogen and oxygen atoms in total. The van der Waals surface area contributed by atoms with Gasteiger partial charge in [-0.15, -0.1) is 0 Å². The second kappa shape index (κ2) is 5.64. The highest BCUT2D eigenvalue weighted by Gasteiger charge is 2.10. The lowest BCUT2D eigenvalue weighted by molar-refractivity contribution is 0.0673. The summed E-state index contributed by atoms with van der Waals surface area (Å²) in [6.45, 7) is -0.256. The van der Waals surface area contributed by atoms with E-state index < -0.39 is 6.55 Å². The molecule has 1 N–H and O–H groups in total. The molecule has 0 amide bonds. The van der Waals surface area contributed by atoms with Crippen LogP contribution in [0.5, 0.6) is 0 Å². The lowest BCUT2D eigenvalue weighted by Crippen LogP contribution is -2.09. The van der Waals surface area contributed by atoms with Gasteiger partial charge in [0.05, 0.1) is 6.54 Å². The lowest BCUT2D eigenvalue weighted by Gasteiger charge is -2.09. The predicted molar refractivity (Wildman–Crippen MR) is 74.7 cm³/mol. The summed E-state index contributed by atoms with van der Waals surface area (Å²) in [6, 6.07) is 5.89. The molecule has 0 aliphatic heterocycles. The van der Waals surface area contributed by atoms with E-state index >= 15 is 0 Å². The summed E-state index contributed by atoms with van der Waals surface area (Å²) in [6.07, 6.45) is 2.66. The van der Waals surface area contributed by atoms with Crippen LogP contribution in [0, 0.1) is 10.5 Å². The minimum Gasteiger partial charge on any atom is -0.378 e. The molecule has 0 saturated heterocycles. The number of alkyl halides is 2. The number of benzene rings is 1. The Morgan fingerprint density at radius 3 is 2.89 bits per heavy atom. The minimum atomic E-state index is -2.55. The topological polar surface area (TPSA) is 29.9 Å². The summed E-state index contributed by atoms with van der Waals surface area (Å²) in [5.41, 5.74) is 2.09. The zero-order valence-electron chi connectivity index (χ0n) is 9.70. The van der Waals surface area contributed by atoms with Crippen molar-refractivity contribution < 1.29 is 8.78 Å². The van der Waals surface area contributed by atoms with Crippen LogP contribution in [0.25, 0.3) is 0 Å². The van der Waals surface area contributed by atoms with Gasteiger partial charge >= 0.3 is 6.55 Å². The van der Waals surface area contributed by atoms with E-state index in [0.29, 0.717) is 5.82 Å². The van der Waals surface area contributed by atoms with Crippen molar-refractivity contribution in [2.75, 3.05) is 5.32 Å². The van der Waals surface area contributed by atoms with Crippen LogP contribution in [-0.2, 0) is 6.54 Å². The highest BCUT2D eigenvalue weighted by Crippen LogP contribution is 2.18. The number of rotatable bonds is 4. The Kier molecular flexibility index (Phi) is 4.15. The molecule has 0 spiro atoms. The third-order valence-electron chi connectivity index (χ3n) is 2.58. The highest BCUT2D eigenvalue weighted by atomic mass is 127. The fourth-order valence-corrected chi connectivity index (χ4v) is 2.06. The van der Waals surface area contributed by atoms with Crippen LogP contribution in [0.4, 0.5) is 14.5 Å². The van der Waals surface area contributed by atoms with Gasteiger partial charge in [-0.2, -0.15) is 8.78 Å². The average Bonchev–Trinajstić information content (AvgIpc) is 2.79. The number of nitrogens with one attached hydrogen (secondary N) is 1. The third-order valence-corrected chi connectivity index (χ3v) is 3.74. The monoisotopic (exact) mass is 363 g/mol. The van der Waals surface area contributed by atoms with Crippen molar-refractivity contribution in [3.8, 4) is 0 Å². The number of aryl methyl sites for hydroxylation is 1. The summed E-state index contributed by atoms with van der Waals surface area (Å²) >= 11 is 2.24. The summed E-state index contributed by atoms with van der Waals surface area (Å²) in [5, 5.41) is 3.09. The molecule has 96 valence electrons. The molecule has 1 aromatic carbocycles. The Hall–Kier alpha value is -1.18. The van der Waals surface area contributed by atoms with Gasteiger partial charge in [0.1, 0.15) is 5.82 Å². The summed E-state index contributed by atoms with van der Waals surface area (Å²) in [4.78, 5) is 3.91. The number of imidazole rings is 1. The fourth-order valence-electron chi connectivity index (χ4n) is 1.54. The Balaban J connectivity index is 2.07. The molecule has 0 unspecified atom stereocenters. The first-order chi connectivity index (χ1) is 8.58. The third kappa shape index (κ3) is 2.98. The molecular weight excluding hydrogens is 351 g/mol. The maximum Gasteiger partial charge on any atom is 0.319 e. The maximum absolute atomic E-state index is 12.6. The molecule has 1 heterocycles. The maximum atomic E-state index is 12.6. The second-order valence-electron chi connectivity index (χ2n) is 3.85. The number of hydrogen-bond donors (Lipinski definition) is 1. The number of nitrogens with zero attached hydrogens (tertiary/aromatic N) is 2. The van der Waals surface area contributed by atoms with Crippen molar-refractivity contribution >= 4 is 28.3 Å². The van der Waals surface area contributed by atoms with Gasteiger partial charge in [-0.25, -0.2) is 4.98 Å². The van der Waals surface area contributed by atoms with Crippen molar-refractivity contribution in [2.24, 2.45) is 0 Å². The second-order valence-corrected chi connectivity index (χ2v) is 5.01. The molecule has 1 aromatic heterocycles. The predicted octanol–water partition coefficient (Wildman–Crippen LogP) is 3.80. The molecule has 0 fully saturated rings. The Labute approximate surface area is 117 Å². The number of hydrogen-bond acceptors (Lipinski definition) is 2. The first-order valence-electron chi connectivity index (χ1n) is 5.38. The van der Waals surface area contributed by atoms with E-state index in [1.807, 2.05) is 25.1 Å². The number of anilines is 1. The van der Waals surface area contributed by atoms with Gasteiger partial charge in [0, 0.05) is 21.7 Å². The van der Waals surface area contributed by atoms with E-state index in [0.717, 1.165) is 13.8 Å². The molecule has 0 atom stereocenters. The van der Waals surface area contributed by atoms with Gasteiger partial charge < -0.3 is 5.32 Å². The normalized spacial score (nSPS) is 10.9. The fraction of sp³-hybridized carbons (Fsp3) is 0.250. The van der Waals surface area contributed by atoms with E-state index in [-0.39, 0.29) is 6.54 Å². The van der Waals surface area contributed by atoms with E-state index in [1.165, 1.54) is 18.0 Å². The zero-order chi connectivity index (χ0) is 13.1. The van der Waals surface area contributed by atoms with E-state index in [9.17, 15) is 8.78 Å². The van der Waals surface area contributed by atoms with Crippen molar-refractivity contribution in [3.05, 3.63) is 45.6 Å². The van der Waals surface area contributed by atoms with Crippen LogP contribution in [-0.4, -0.2) is 9.55 Å². The Morgan fingerprint density at radius 2 is 2.22 bits per heavy atom. The molecule has 2 aromatic rings. The van der Waals surface area contributed by atoms with E-state index in [1.54, 1.807) is 0 Å². The first kappa shape index (κ1) is 13.3. The molecule has 0 aliphatic rings. The largest absolute Gasteiger partial charge is 0.378 e. The molecule has 0 saturated carbocycles. The van der Waals surface area contributed by atoms with E-state index in [2.05, 4.69) is 32.9 Å². The first-order valence-corrected chi connectivity index (χ1v) is 6.45. The van der Waals surface area contributed by atoms with Gasteiger partial charge in [0.25, 0.3) is 0 Å². The molecule has 2 rings (SSSR count). The van der Waals surface area contributed by atoms with Crippen molar-refractivity contribution in [3.63, 3.8) is 0 Å². The van der Waals surface area contributed by atoms with Crippen LogP contribution in [0.3, 0.4) is 0 Å². The summed E-state index contributed by atoms with van der Waals surface area (Å²) in [7, 11) is 0. The summed E-state index contributed by atoms with van der Waals surface area (Å²) in [5.74, 6) is 0.320. The Morgan fingerprint density at radius 1 is 1.44 bits per heavy atom. The molecule has 18 heavy (non-hydrogen) atoms. The van der Waals surface area contributed by atoms with Crippen LogP contribution in [0.2, 0.25) is 0 Å². The zero-order valence-corrected chi connectivity index (χ0v) is 11.9. The van der Waals surface area contributed by atoms with Gasteiger partial charge in [0.2, 0.25) is 0 Å². The van der Waals surface area contributed by atoms with Crippen LogP contribution < -0.4 is 5.32 Å². The van der Waals surface area contributed by atoms with Crippen molar-refractivity contribution in [2.45, 2.75) is 20.0 Å². The number of halogens is 3. The standard InChI is InChI=1S/C12H12F2IN3/c1-8-2-3-9(6-10(8)15)17-7-11-16-4-5-18(11)12(13)14/h2-6,12,17H,7H2,1H3. The molecule has 6 heteroatoms. The molecule has 0 bridgehead atoms. The van der Waals surface area contributed by atoms with Crippen LogP contribution in [0.1, 0.15) is 17.9 Å². The van der Waals surface area contributed by atoms with Crippen molar-refractivity contribution in [1.29, 1.82) is 0 Å². The molecule has 0 aliphatic carbocycles.